The number of rotatable bonds is 4. The zero-order valence-electron chi connectivity index (χ0n) is 18.8. The van der Waals surface area contributed by atoms with Crippen molar-refractivity contribution in [2.24, 2.45) is 11.7 Å². The molecule has 0 bridgehead atoms. The molecule has 7 heteroatoms. The predicted octanol–water partition coefficient (Wildman–Crippen LogP) is 5.20. The number of aromatic nitrogens is 4. The summed E-state index contributed by atoms with van der Waals surface area (Å²) in [7, 11) is 0. The van der Waals surface area contributed by atoms with Crippen molar-refractivity contribution in [2.75, 3.05) is 0 Å². The molecule has 1 saturated carbocycles. The van der Waals surface area contributed by atoms with Gasteiger partial charge in [0, 0.05) is 24.9 Å². The fourth-order valence-corrected chi connectivity index (χ4v) is 5.20. The summed E-state index contributed by atoms with van der Waals surface area (Å²) in [6.07, 6.45) is 9.06. The summed E-state index contributed by atoms with van der Waals surface area (Å²) in [4.78, 5) is 8.91. The van der Waals surface area contributed by atoms with Gasteiger partial charge in [-0.2, -0.15) is 5.10 Å². The molecule has 5 nitrogen and oxygen atoms in total. The Bertz CT molecular complexity index is 1280. The summed E-state index contributed by atoms with van der Waals surface area (Å²) in [6.45, 7) is 3.91. The van der Waals surface area contributed by atoms with E-state index >= 15 is 0 Å². The summed E-state index contributed by atoms with van der Waals surface area (Å²) in [5.74, 6) is 0.404. The first-order chi connectivity index (χ1) is 15.9. The van der Waals surface area contributed by atoms with Crippen LogP contribution >= 0.6 is 0 Å². The smallest absolute Gasteiger partial charge is 0.135 e. The van der Waals surface area contributed by atoms with Crippen molar-refractivity contribution < 1.29 is 8.78 Å². The van der Waals surface area contributed by atoms with Gasteiger partial charge in [0.2, 0.25) is 0 Å². The van der Waals surface area contributed by atoms with Gasteiger partial charge in [-0.25, -0.2) is 18.3 Å². The third-order valence-electron chi connectivity index (χ3n) is 6.61. The molecular weight excluding hydrogens is 420 g/mol. The van der Waals surface area contributed by atoms with Gasteiger partial charge in [-0.1, -0.05) is 6.92 Å². The van der Waals surface area contributed by atoms with Gasteiger partial charge < -0.3 is 5.73 Å². The number of imidazole rings is 1. The van der Waals surface area contributed by atoms with Gasteiger partial charge in [-0.3, -0.25) is 4.98 Å². The van der Waals surface area contributed by atoms with Crippen LogP contribution in [0, 0.1) is 24.5 Å². The first kappa shape index (κ1) is 21.6. The third-order valence-corrected chi connectivity index (χ3v) is 6.61. The second kappa shape index (κ2) is 8.63. The Morgan fingerprint density at radius 3 is 2.61 bits per heavy atom. The minimum atomic E-state index is -0.627. The fourth-order valence-electron chi connectivity index (χ4n) is 5.20. The second-order valence-corrected chi connectivity index (χ2v) is 9.35. The van der Waals surface area contributed by atoms with Gasteiger partial charge in [0.05, 0.1) is 23.0 Å². The van der Waals surface area contributed by atoms with Gasteiger partial charge in [-0.15, -0.1) is 0 Å². The van der Waals surface area contributed by atoms with Crippen molar-refractivity contribution in [3.63, 3.8) is 0 Å². The molecule has 4 aromatic rings. The van der Waals surface area contributed by atoms with Crippen LogP contribution in [-0.2, 0) is 6.42 Å². The molecule has 1 fully saturated rings. The Morgan fingerprint density at radius 2 is 1.85 bits per heavy atom. The molecule has 3 heterocycles. The zero-order valence-corrected chi connectivity index (χ0v) is 18.8. The maximum absolute atomic E-state index is 14.6. The quantitative estimate of drug-likeness (QED) is 0.467. The summed E-state index contributed by atoms with van der Waals surface area (Å²) >= 11 is 0. The Hall–Kier alpha value is -3.19. The van der Waals surface area contributed by atoms with Crippen LogP contribution in [0.2, 0.25) is 0 Å². The van der Waals surface area contributed by atoms with E-state index in [2.05, 4.69) is 28.1 Å². The second-order valence-electron chi connectivity index (χ2n) is 9.35. The van der Waals surface area contributed by atoms with E-state index in [1.165, 1.54) is 17.7 Å². The SMILES string of the molecule is Cc1cc(F)c(-c2ccc3cnc(Cc4cnccc4[C@@H]4C[C@H](C)C[C@H](N)C4)n3n2)c(F)c1. The van der Waals surface area contributed by atoms with E-state index in [-0.39, 0.29) is 17.3 Å². The number of benzene rings is 1. The highest BCUT2D eigenvalue weighted by Crippen LogP contribution is 2.37. The molecule has 2 N–H and O–H groups in total. The van der Waals surface area contributed by atoms with Crippen molar-refractivity contribution in [3.8, 4) is 11.3 Å². The lowest BCUT2D eigenvalue weighted by molar-refractivity contribution is 0.307. The Labute approximate surface area is 191 Å². The van der Waals surface area contributed by atoms with E-state index in [4.69, 9.17) is 5.73 Å². The molecule has 1 aromatic carbocycles. The van der Waals surface area contributed by atoms with Crippen LogP contribution in [0.25, 0.3) is 16.8 Å². The van der Waals surface area contributed by atoms with Gasteiger partial charge in [0.15, 0.2) is 0 Å². The maximum Gasteiger partial charge on any atom is 0.135 e. The van der Waals surface area contributed by atoms with Crippen molar-refractivity contribution in [1.29, 1.82) is 0 Å². The number of halogens is 2. The lowest BCUT2D eigenvalue weighted by Crippen LogP contribution is -2.31. The highest BCUT2D eigenvalue weighted by atomic mass is 19.1. The first-order valence-electron chi connectivity index (χ1n) is 11.4. The van der Waals surface area contributed by atoms with E-state index in [0.29, 0.717) is 29.6 Å². The molecule has 33 heavy (non-hydrogen) atoms. The number of hydrogen-bond donors (Lipinski definition) is 1. The molecule has 0 aliphatic heterocycles. The maximum atomic E-state index is 14.6. The summed E-state index contributed by atoms with van der Waals surface area (Å²) in [5.41, 5.74) is 10.0. The molecule has 3 aromatic heterocycles. The lowest BCUT2D eigenvalue weighted by Gasteiger charge is -2.32. The van der Waals surface area contributed by atoms with Gasteiger partial charge >= 0.3 is 0 Å². The van der Waals surface area contributed by atoms with Crippen LogP contribution in [-0.4, -0.2) is 25.6 Å². The van der Waals surface area contributed by atoms with E-state index in [1.54, 1.807) is 29.8 Å². The van der Waals surface area contributed by atoms with Crippen molar-refractivity contribution >= 4 is 5.52 Å². The molecule has 170 valence electrons. The standard InChI is InChI=1S/C26H27F2N5/c1-15-7-17(11-19(29)8-15)21-5-6-30-13-18(21)12-25-31-14-20-3-4-24(32-33(20)25)26-22(27)9-16(2)10-23(26)28/h3-6,9-10,13-15,17,19H,7-8,11-12,29H2,1-2H3/t15-,17+,19-/m0/s1. The predicted molar refractivity (Wildman–Crippen MR) is 124 cm³/mol. The molecule has 0 spiro atoms. The molecule has 0 radical (unpaired) electrons. The number of fused-ring (bicyclic) bond motifs is 1. The van der Waals surface area contributed by atoms with Crippen LogP contribution in [0.5, 0.6) is 0 Å². The van der Waals surface area contributed by atoms with Crippen LogP contribution in [0.4, 0.5) is 8.78 Å². The normalized spacial score (nSPS) is 20.9. The van der Waals surface area contributed by atoms with Gasteiger partial charge in [0.25, 0.3) is 0 Å². The number of aryl methyl sites for hydroxylation is 1. The zero-order chi connectivity index (χ0) is 23.1. The molecule has 0 saturated heterocycles. The Morgan fingerprint density at radius 1 is 1.06 bits per heavy atom. The van der Waals surface area contributed by atoms with Crippen LogP contribution in [0.15, 0.2) is 48.9 Å². The molecule has 3 atom stereocenters. The first-order valence-corrected chi connectivity index (χ1v) is 11.4. The Balaban J connectivity index is 1.52. The van der Waals surface area contributed by atoms with E-state index < -0.39 is 11.6 Å². The number of hydrogen-bond acceptors (Lipinski definition) is 4. The monoisotopic (exact) mass is 447 g/mol. The summed E-state index contributed by atoms with van der Waals surface area (Å²) in [5, 5.41) is 4.55. The van der Waals surface area contributed by atoms with Gasteiger partial charge in [-0.05, 0) is 85.0 Å². The highest BCUT2D eigenvalue weighted by molar-refractivity contribution is 5.63. The number of nitrogens with zero attached hydrogens (tertiary/aromatic N) is 4. The minimum absolute atomic E-state index is 0.130. The third kappa shape index (κ3) is 4.25. The summed E-state index contributed by atoms with van der Waals surface area (Å²) in [6, 6.07) is 8.32. The fraction of sp³-hybridized carbons (Fsp3) is 0.346. The molecule has 5 rings (SSSR count). The Kier molecular flexibility index (Phi) is 5.66. The van der Waals surface area contributed by atoms with Crippen molar-refractivity contribution in [3.05, 3.63) is 83.1 Å². The minimum Gasteiger partial charge on any atom is -0.328 e. The molecule has 1 aliphatic carbocycles. The molecular formula is C26H27F2N5. The highest BCUT2D eigenvalue weighted by Gasteiger charge is 2.27. The van der Waals surface area contributed by atoms with E-state index in [9.17, 15) is 8.78 Å². The molecule has 0 unspecified atom stereocenters. The van der Waals surface area contributed by atoms with Crippen LogP contribution < -0.4 is 5.73 Å². The van der Waals surface area contributed by atoms with Gasteiger partial charge in [0.1, 0.15) is 17.5 Å². The average molecular weight is 448 g/mol. The molecule has 1 aliphatic rings. The average Bonchev–Trinajstić information content (AvgIpc) is 3.15. The van der Waals surface area contributed by atoms with Crippen molar-refractivity contribution in [2.45, 2.75) is 51.5 Å². The van der Waals surface area contributed by atoms with Crippen LogP contribution in [0.3, 0.4) is 0 Å². The van der Waals surface area contributed by atoms with Crippen LogP contribution in [0.1, 0.15) is 54.6 Å². The van der Waals surface area contributed by atoms with Crippen molar-refractivity contribution in [1.82, 2.24) is 19.6 Å². The largest absolute Gasteiger partial charge is 0.328 e. The topological polar surface area (TPSA) is 69.1 Å². The van der Waals surface area contributed by atoms with E-state index in [0.717, 1.165) is 30.3 Å². The lowest BCUT2D eigenvalue weighted by atomic mass is 9.75. The molecule has 0 amide bonds. The number of nitrogens with two attached hydrogens (primary N) is 1. The number of pyridine rings is 1. The van der Waals surface area contributed by atoms with E-state index in [1.807, 2.05) is 12.4 Å². The summed E-state index contributed by atoms with van der Waals surface area (Å²) < 4.78 is 30.8.